The van der Waals surface area contributed by atoms with Crippen LogP contribution >= 0.6 is 0 Å². The third-order valence-corrected chi connectivity index (χ3v) is 5.04. The number of nitrogens with zero attached hydrogens (tertiary/aromatic N) is 1. The highest BCUT2D eigenvalue weighted by molar-refractivity contribution is 6.07. The van der Waals surface area contributed by atoms with Crippen LogP contribution in [0, 0.1) is 0 Å². The van der Waals surface area contributed by atoms with Crippen molar-refractivity contribution in [3.63, 3.8) is 0 Å². The molecule has 0 saturated carbocycles. The molecule has 0 radical (unpaired) electrons. The van der Waals surface area contributed by atoms with Crippen molar-refractivity contribution in [2.45, 2.75) is 0 Å². The molecule has 3 amide bonds. The molecule has 0 aromatic heterocycles. The number of ether oxygens (including phenoxy) is 3. The van der Waals surface area contributed by atoms with Crippen molar-refractivity contribution in [2.75, 3.05) is 42.4 Å². The van der Waals surface area contributed by atoms with E-state index in [2.05, 4.69) is 10.6 Å². The number of rotatable bonds is 8. The van der Waals surface area contributed by atoms with Gasteiger partial charge in [-0.3, -0.25) is 14.5 Å². The fourth-order valence-corrected chi connectivity index (χ4v) is 3.37. The molecule has 174 valence electrons. The number of amides is 3. The number of para-hydroxylation sites is 2. The van der Waals surface area contributed by atoms with Crippen LogP contribution in [0.3, 0.4) is 0 Å². The lowest BCUT2D eigenvalue weighted by Crippen LogP contribution is -2.25. The van der Waals surface area contributed by atoms with Gasteiger partial charge in [-0.25, -0.2) is 4.79 Å². The van der Waals surface area contributed by atoms with Crippen LogP contribution < -0.4 is 25.0 Å². The third kappa shape index (κ3) is 5.44. The molecule has 0 atom stereocenters. The normalized spacial score (nSPS) is 12.6. The van der Waals surface area contributed by atoms with E-state index in [0.29, 0.717) is 47.3 Å². The van der Waals surface area contributed by atoms with Crippen LogP contribution in [-0.4, -0.2) is 44.8 Å². The third-order valence-electron chi connectivity index (χ3n) is 5.04. The lowest BCUT2D eigenvalue weighted by molar-refractivity contribution is -0.118. The summed E-state index contributed by atoms with van der Waals surface area (Å²) in [6.07, 6.45) is -0.446. The second-order valence-electron chi connectivity index (χ2n) is 7.33. The molecule has 9 nitrogen and oxygen atoms in total. The number of carbonyl (C=O) groups is 3. The maximum absolute atomic E-state index is 12.7. The monoisotopic (exact) mass is 461 g/mol. The smallest absolute Gasteiger partial charge is 0.414 e. The van der Waals surface area contributed by atoms with E-state index >= 15 is 0 Å². The van der Waals surface area contributed by atoms with Crippen molar-refractivity contribution >= 4 is 35.0 Å². The summed E-state index contributed by atoms with van der Waals surface area (Å²) in [6.45, 7) is 0.533. The minimum atomic E-state index is -0.446. The van der Waals surface area contributed by atoms with Crippen LogP contribution in [0.25, 0.3) is 0 Å². The molecular weight excluding hydrogens is 438 g/mol. The number of anilines is 3. The second-order valence-corrected chi connectivity index (χ2v) is 7.33. The van der Waals surface area contributed by atoms with Crippen molar-refractivity contribution in [3.05, 3.63) is 78.4 Å². The fourth-order valence-electron chi connectivity index (χ4n) is 3.37. The highest BCUT2D eigenvalue weighted by atomic mass is 16.6. The fraction of sp³-hybridized carbons (Fsp3) is 0.160. The molecule has 34 heavy (non-hydrogen) atoms. The van der Waals surface area contributed by atoms with Gasteiger partial charge in [0.15, 0.2) is 6.61 Å². The van der Waals surface area contributed by atoms with Gasteiger partial charge in [-0.2, -0.15) is 0 Å². The molecule has 2 N–H and O–H groups in total. The molecule has 1 aliphatic rings. The van der Waals surface area contributed by atoms with Crippen molar-refractivity contribution < 1.29 is 28.6 Å². The van der Waals surface area contributed by atoms with Crippen molar-refractivity contribution in [1.82, 2.24) is 0 Å². The van der Waals surface area contributed by atoms with Crippen LogP contribution in [0.4, 0.5) is 21.9 Å². The van der Waals surface area contributed by atoms with Crippen molar-refractivity contribution in [1.29, 1.82) is 0 Å². The Morgan fingerprint density at radius 3 is 2.50 bits per heavy atom. The van der Waals surface area contributed by atoms with Gasteiger partial charge in [0.25, 0.3) is 11.8 Å². The molecule has 4 rings (SSSR count). The van der Waals surface area contributed by atoms with Gasteiger partial charge in [-0.1, -0.05) is 18.2 Å². The van der Waals surface area contributed by atoms with Crippen molar-refractivity contribution in [2.24, 2.45) is 0 Å². The van der Waals surface area contributed by atoms with E-state index < -0.39 is 6.09 Å². The topological polar surface area (TPSA) is 106 Å². The highest BCUT2D eigenvalue weighted by Gasteiger charge is 2.26. The molecule has 1 aliphatic heterocycles. The number of hydrogen-bond donors (Lipinski definition) is 2. The van der Waals surface area contributed by atoms with E-state index in [9.17, 15) is 14.4 Å². The Balaban J connectivity index is 1.33. The second kappa shape index (κ2) is 10.4. The Hall–Kier alpha value is -4.53. The lowest BCUT2D eigenvalue weighted by Gasteiger charge is -2.17. The van der Waals surface area contributed by atoms with Gasteiger partial charge >= 0.3 is 6.09 Å². The lowest BCUT2D eigenvalue weighted by atomic mass is 10.2. The standard InChI is InChI=1S/C25H23N3O6/c1-32-20-6-4-5-18(15-20)26-23(29)16-34-19-11-9-17(10-12-19)24(30)27-21-7-2-3-8-22(21)28-13-14-33-25(28)31/h2-12,15H,13-14,16H2,1H3,(H,26,29)(H,27,30). The molecule has 0 spiro atoms. The van der Waals surface area contributed by atoms with Crippen LogP contribution in [0.2, 0.25) is 0 Å². The zero-order chi connectivity index (χ0) is 23.9. The Bertz CT molecular complexity index is 1200. The summed E-state index contributed by atoms with van der Waals surface area (Å²) < 4.78 is 15.6. The van der Waals surface area contributed by atoms with Gasteiger partial charge in [-0.05, 0) is 48.5 Å². The number of hydrogen-bond acceptors (Lipinski definition) is 6. The Kier molecular flexibility index (Phi) is 6.92. The van der Waals surface area contributed by atoms with Gasteiger partial charge < -0.3 is 24.8 Å². The zero-order valence-electron chi connectivity index (χ0n) is 18.4. The molecule has 0 bridgehead atoms. The number of nitrogens with one attached hydrogen (secondary N) is 2. The van der Waals surface area contributed by atoms with Crippen LogP contribution in [-0.2, 0) is 9.53 Å². The average Bonchev–Trinajstić information content (AvgIpc) is 3.29. The highest BCUT2D eigenvalue weighted by Crippen LogP contribution is 2.28. The molecule has 3 aromatic carbocycles. The summed E-state index contributed by atoms with van der Waals surface area (Å²) in [5.74, 6) is 0.405. The van der Waals surface area contributed by atoms with Gasteiger partial charge in [0, 0.05) is 17.3 Å². The molecule has 1 fully saturated rings. The Labute approximate surface area is 196 Å². The van der Waals surface area contributed by atoms with Crippen LogP contribution in [0.5, 0.6) is 11.5 Å². The van der Waals surface area contributed by atoms with E-state index in [0.717, 1.165) is 0 Å². The summed E-state index contributed by atoms with van der Waals surface area (Å²) >= 11 is 0. The summed E-state index contributed by atoms with van der Waals surface area (Å²) in [7, 11) is 1.55. The van der Waals surface area contributed by atoms with Gasteiger partial charge in [0.05, 0.1) is 25.0 Å². The van der Waals surface area contributed by atoms with Gasteiger partial charge in [0.1, 0.15) is 18.1 Å². The molecule has 0 unspecified atom stereocenters. The predicted molar refractivity (Wildman–Crippen MR) is 127 cm³/mol. The largest absolute Gasteiger partial charge is 0.497 e. The van der Waals surface area contributed by atoms with E-state index in [-0.39, 0.29) is 18.4 Å². The summed E-state index contributed by atoms with van der Waals surface area (Å²) in [4.78, 5) is 38.3. The summed E-state index contributed by atoms with van der Waals surface area (Å²) in [5, 5.41) is 5.56. The first-order valence-corrected chi connectivity index (χ1v) is 10.5. The summed E-state index contributed by atoms with van der Waals surface area (Å²) in [6, 6.07) is 20.4. The number of carbonyl (C=O) groups excluding carboxylic acids is 3. The average molecular weight is 461 g/mol. The predicted octanol–water partition coefficient (Wildman–Crippen LogP) is 3.92. The molecule has 1 heterocycles. The van der Waals surface area contributed by atoms with Crippen LogP contribution in [0.15, 0.2) is 72.8 Å². The number of benzene rings is 3. The van der Waals surface area contributed by atoms with E-state index in [1.807, 2.05) is 0 Å². The van der Waals surface area contributed by atoms with Crippen LogP contribution in [0.1, 0.15) is 10.4 Å². The first-order chi connectivity index (χ1) is 16.5. The number of cyclic esters (lactones) is 1. The SMILES string of the molecule is COc1cccc(NC(=O)COc2ccc(C(=O)Nc3ccccc3N3CCOC3=O)cc2)c1. The summed E-state index contributed by atoms with van der Waals surface area (Å²) in [5.41, 5.74) is 2.07. The molecular formula is C25H23N3O6. The first-order valence-electron chi connectivity index (χ1n) is 10.5. The maximum Gasteiger partial charge on any atom is 0.414 e. The molecule has 3 aromatic rings. The quantitative estimate of drug-likeness (QED) is 0.527. The number of methoxy groups -OCH3 is 1. The zero-order valence-corrected chi connectivity index (χ0v) is 18.4. The van der Waals surface area contributed by atoms with Crippen molar-refractivity contribution in [3.8, 4) is 11.5 Å². The Morgan fingerprint density at radius 1 is 0.971 bits per heavy atom. The van der Waals surface area contributed by atoms with E-state index in [4.69, 9.17) is 14.2 Å². The minimum Gasteiger partial charge on any atom is -0.497 e. The Morgan fingerprint density at radius 2 is 1.76 bits per heavy atom. The minimum absolute atomic E-state index is 0.192. The maximum atomic E-state index is 12.7. The molecule has 0 aliphatic carbocycles. The van der Waals surface area contributed by atoms with E-state index in [1.54, 1.807) is 79.9 Å². The molecule has 9 heteroatoms. The molecule has 1 saturated heterocycles. The van der Waals surface area contributed by atoms with Gasteiger partial charge in [-0.15, -0.1) is 0 Å². The first kappa shape index (κ1) is 22.7. The van der Waals surface area contributed by atoms with E-state index in [1.165, 1.54) is 4.90 Å². The van der Waals surface area contributed by atoms with Gasteiger partial charge in [0.2, 0.25) is 0 Å².